The summed E-state index contributed by atoms with van der Waals surface area (Å²) in [5.41, 5.74) is 7.64. The number of nitrogens with two attached hydrogens (primary N) is 1. The molecule has 0 fully saturated rings. The van der Waals surface area contributed by atoms with Crippen LogP contribution in [-0.4, -0.2) is 20.5 Å². The van der Waals surface area contributed by atoms with Gasteiger partial charge in [-0.1, -0.05) is 0 Å². The number of hydrogen-bond donors (Lipinski definition) is 2. The molecular weight excluding hydrogens is 290 g/mol. The molecule has 0 saturated carbocycles. The van der Waals surface area contributed by atoms with Gasteiger partial charge in [-0.15, -0.1) is 0 Å². The third-order valence-electron chi connectivity index (χ3n) is 2.81. The lowest BCUT2D eigenvalue weighted by Crippen LogP contribution is -2.15. The zero-order valence-corrected chi connectivity index (χ0v) is 12.9. The molecule has 0 spiro atoms. The first-order chi connectivity index (χ1) is 9.81. The smallest absolute Gasteiger partial charge is 0.266 e. The van der Waals surface area contributed by atoms with Gasteiger partial charge >= 0.3 is 0 Å². The average molecular weight is 307 g/mol. The number of rotatable bonds is 4. The number of aromatic nitrogens is 1. The lowest BCUT2D eigenvalue weighted by Gasteiger charge is -2.12. The predicted octanol–water partition coefficient (Wildman–Crippen LogP) is 2.09. The molecule has 0 aliphatic carbocycles. The Labute approximate surface area is 124 Å². The van der Waals surface area contributed by atoms with Crippen molar-refractivity contribution in [1.82, 2.24) is 4.98 Å². The fourth-order valence-electron chi connectivity index (χ4n) is 1.99. The second kappa shape index (κ2) is 5.61. The Balaban J connectivity index is 2.45. The monoisotopic (exact) mass is 307 g/mol. The first-order valence-electron chi connectivity index (χ1n) is 6.23. The second-order valence-electron chi connectivity index (χ2n) is 4.69. The molecule has 7 heteroatoms. The van der Waals surface area contributed by atoms with E-state index in [0.29, 0.717) is 5.69 Å². The van der Waals surface area contributed by atoms with Crippen LogP contribution in [0.3, 0.4) is 0 Å². The summed E-state index contributed by atoms with van der Waals surface area (Å²) in [6.45, 7) is 3.67. The highest BCUT2D eigenvalue weighted by atomic mass is 32.2. The van der Waals surface area contributed by atoms with Crippen LogP contribution in [-0.2, 0) is 10.0 Å². The van der Waals surface area contributed by atoms with Gasteiger partial charge in [0.1, 0.15) is 16.5 Å². The Morgan fingerprint density at radius 1 is 1.19 bits per heavy atom. The summed E-state index contributed by atoms with van der Waals surface area (Å²) in [7, 11) is -2.43. The molecular formula is C14H17N3O3S. The van der Waals surface area contributed by atoms with E-state index < -0.39 is 10.0 Å². The zero-order chi connectivity index (χ0) is 15.6. The first-order valence-corrected chi connectivity index (χ1v) is 7.72. The molecule has 0 aliphatic heterocycles. The van der Waals surface area contributed by atoms with Gasteiger partial charge < -0.3 is 10.5 Å². The van der Waals surface area contributed by atoms with Gasteiger partial charge in [0.15, 0.2) is 0 Å². The molecule has 0 amide bonds. The van der Waals surface area contributed by atoms with Crippen LogP contribution >= 0.6 is 0 Å². The van der Waals surface area contributed by atoms with E-state index in [1.54, 1.807) is 19.1 Å². The molecule has 3 N–H and O–H groups in total. The van der Waals surface area contributed by atoms with Gasteiger partial charge in [-0.25, -0.2) is 13.4 Å². The number of aryl methyl sites for hydroxylation is 2. The highest BCUT2D eigenvalue weighted by Gasteiger charge is 2.20. The summed E-state index contributed by atoms with van der Waals surface area (Å²) >= 11 is 0. The van der Waals surface area contributed by atoms with Crippen LogP contribution in [0.2, 0.25) is 0 Å². The molecule has 6 nitrogen and oxygen atoms in total. The highest BCUT2D eigenvalue weighted by Crippen LogP contribution is 2.27. The Hall–Kier alpha value is -2.28. The topological polar surface area (TPSA) is 94.3 Å². The van der Waals surface area contributed by atoms with E-state index in [0.717, 1.165) is 11.3 Å². The molecule has 0 bridgehead atoms. The molecule has 0 saturated heterocycles. The molecule has 2 aromatic rings. The van der Waals surface area contributed by atoms with E-state index in [1.165, 1.54) is 19.2 Å². The molecule has 0 atom stereocenters. The largest absolute Gasteiger partial charge is 0.495 e. The van der Waals surface area contributed by atoms with Crippen LogP contribution in [0.25, 0.3) is 0 Å². The summed E-state index contributed by atoms with van der Waals surface area (Å²) in [5, 5.41) is 0. The number of nitrogens with one attached hydrogen (secondary N) is 1. The number of benzene rings is 1. The van der Waals surface area contributed by atoms with Crippen LogP contribution in [0.5, 0.6) is 5.75 Å². The number of anilines is 2. The Kier molecular flexibility index (Phi) is 4.04. The fourth-order valence-corrected chi connectivity index (χ4v) is 3.19. The van der Waals surface area contributed by atoms with Crippen LogP contribution in [0.15, 0.2) is 35.2 Å². The summed E-state index contributed by atoms with van der Waals surface area (Å²) in [6, 6.07) is 7.96. The number of methoxy groups -OCH3 is 1. The standard InChI is InChI=1S/C14H17N3O3S/c1-9-6-10(2)16-14(7-9)17-21(18,19)13-8-11(15)4-5-12(13)20-3/h4-8H,15H2,1-3H3,(H,16,17). The molecule has 0 aliphatic rings. The van der Waals surface area contributed by atoms with Gasteiger partial charge in [0, 0.05) is 11.4 Å². The van der Waals surface area contributed by atoms with E-state index in [1.807, 2.05) is 13.0 Å². The summed E-state index contributed by atoms with van der Waals surface area (Å²) in [4.78, 5) is 4.14. The lowest BCUT2D eigenvalue weighted by atomic mass is 10.2. The highest BCUT2D eigenvalue weighted by molar-refractivity contribution is 7.92. The normalized spacial score (nSPS) is 11.2. The first kappa shape index (κ1) is 15.1. The van der Waals surface area contributed by atoms with Crippen molar-refractivity contribution < 1.29 is 13.2 Å². The fraction of sp³-hybridized carbons (Fsp3) is 0.214. The molecule has 0 unspecified atom stereocenters. The number of sulfonamides is 1. The van der Waals surface area contributed by atoms with Crippen molar-refractivity contribution in [1.29, 1.82) is 0 Å². The Morgan fingerprint density at radius 2 is 1.90 bits per heavy atom. The van der Waals surface area contributed by atoms with E-state index >= 15 is 0 Å². The second-order valence-corrected chi connectivity index (χ2v) is 6.34. The predicted molar refractivity (Wildman–Crippen MR) is 81.9 cm³/mol. The van der Waals surface area contributed by atoms with Gasteiger partial charge in [-0.2, -0.15) is 0 Å². The maximum atomic E-state index is 12.5. The minimum absolute atomic E-state index is 0.0223. The number of pyridine rings is 1. The molecule has 1 heterocycles. The van der Waals surface area contributed by atoms with Gasteiger partial charge in [-0.05, 0) is 49.7 Å². The Bertz CT molecular complexity index is 753. The van der Waals surface area contributed by atoms with Crippen LogP contribution in [0, 0.1) is 13.8 Å². The van der Waals surface area contributed by atoms with Crippen molar-refractivity contribution in [2.45, 2.75) is 18.7 Å². The molecule has 1 aromatic heterocycles. The van der Waals surface area contributed by atoms with Crippen LogP contribution < -0.4 is 15.2 Å². The van der Waals surface area contributed by atoms with Crippen molar-refractivity contribution in [2.24, 2.45) is 0 Å². The van der Waals surface area contributed by atoms with Crippen molar-refractivity contribution in [2.75, 3.05) is 17.6 Å². The van der Waals surface area contributed by atoms with E-state index in [9.17, 15) is 8.42 Å². The molecule has 1 aromatic carbocycles. The van der Waals surface area contributed by atoms with E-state index in [-0.39, 0.29) is 16.5 Å². The SMILES string of the molecule is COc1ccc(N)cc1S(=O)(=O)Nc1cc(C)cc(C)n1. The number of hydrogen-bond acceptors (Lipinski definition) is 5. The average Bonchev–Trinajstić information content (AvgIpc) is 2.36. The summed E-state index contributed by atoms with van der Waals surface area (Å²) < 4.78 is 32.5. The molecule has 112 valence electrons. The summed E-state index contributed by atoms with van der Waals surface area (Å²) in [6.07, 6.45) is 0. The third kappa shape index (κ3) is 3.43. The third-order valence-corrected chi connectivity index (χ3v) is 4.19. The lowest BCUT2D eigenvalue weighted by molar-refractivity contribution is 0.403. The van der Waals surface area contributed by atoms with Gasteiger partial charge in [0.05, 0.1) is 7.11 Å². The maximum absolute atomic E-state index is 12.5. The van der Waals surface area contributed by atoms with Crippen molar-refractivity contribution >= 4 is 21.5 Å². The van der Waals surface area contributed by atoms with Crippen molar-refractivity contribution in [3.05, 3.63) is 41.6 Å². The quantitative estimate of drug-likeness (QED) is 0.843. The van der Waals surface area contributed by atoms with Gasteiger partial charge in [0.25, 0.3) is 10.0 Å². The maximum Gasteiger partial charge on any atom is 0.266 e. The Morgan fingerprint density at radius 3 is 2.52 bits per heavy atom. The number of nitrogen functional groups attached to an aromatic ring is 1. The minimum atomic E-state index is -3.83. The number of nitrogens with zero attached hydrogens (tertiary/aromatic N) is 1. The molecule has 0 radical (unpaired) electrons. The van der Waals surface area contributed by atoms with Crippen molar-refractivity contribution in [3.63, 3.8) is 0 Å². The van der Waals surface area contributed by atoms with E-state index in [4.69, 9.17) is 10.5 Å². The number of ether oxygens (including phenoxy) is 1. The zero-order valence-electron chi connectivity index (χ0n) is 12.0. The molecule has 21 heavy (non-hydrogen) atoms. The molecule has 2 rings (SSSR count). The van der Waals surface area contributed by atoms with Crippen LogP contribution in [0.1, 0.15) is 11.3 Å². The summed E-state index contributed by atoms with van der Waals surface area (Å²) in [5.74, 6) is 0.484. The van der Waals surface area contributed by atoms with Gasteiger partial charge in [0.2, 0.25) is 0 Å². The van der Waals surface area contributed by atoms with E-state index in [2.05, 4.69) is 9.71 Å². The van der Waals surface area contributed by atoms with Crippen LogP contribution in [0.4, 0.5) is 11.5 Å². The minimum Gasteiger partial charge on any atom is -0.495 e. The van der Waals surface area contributed by atoms with Gasteiger partial charge in [-0.3, -0.25) is 4.72 Å². The van der Waals surface area contributed by atoms with Crippen molar-refractivity contribution in [3.8, 4) is 5.75 Å².